The van der Waals surface area contributed by atoms with Crippen molar-refractivity contribution in [3.63, 3.8) is 0 Å². The highest BCUT2D eigenvalue weighted by atomic mass is 35.5. The first-order chi connectivity index (χ1) is 9.11. The van der Waals surface area contributed by atoms with Crippen LogP contribution in [0.5, 0.6) is 0 Å². The van der Waals surface area contributed by atoms with Crippen LogP contribution in [0.15, 0.2) is 24.5 Å². The highest BCUT2D eigenvalue weighted by molar-refractivity contribution is 6.30. The molecule has 1 aromatic carbocycles. The van der Waals surface area contributed by atoms with Gasteiger partial charge in [0.2, 0.25) is 0 Å². The molecule has 0 fully saturated rings. The van der Waals surface area contributed by atoms with Crippen LogP contribution in [0.2, 0.25) is 5.15 Å². The zero-order valence-electron chi connectivity index (χ0n) is 10.9. The summed E-state index contributed by atoms with van der Waals surface area (Å²) in [6.45, 7) is 3.78. The van der Waals surface area contributed by atoms with E-state index in [0.29, 0.717) is 22.2 Å². The summed E-state index contributed by atoms with van der Waals surface area (Å²) >= 11 is 6.07. The summed E-state index contributed by atoms with van der Waals surface area (Å²) < 4.78 is 13.5. The maximum absolute atomic E-state index is 13.5. The van der Waals surface area contributed by atoms with Crippen LogP contribution in [0.3, 0.4) is 0 Å². The number of rotatable bonds is 4. The Morgan fingerprint density at radius 3 is 2.79 bits per heavy atom. The van der Waals surface area contributed by atoms with Gasteiger partial charge in [-0.05, 0) is 31.0 Å². The molecular formula is C14H15ClFN3. The number of halogens is 2. The number of hydrogen-bond donors (Lipinski definition) is 1. The number of benzene rings is 1. The molecule has 1 N–H and O–H groups in total. The zero-order chi connectivity index (χ0) is 13.8. The van der Waals surface area contributed by atoms with E-state index >= 15 is 0 Å². The molecule has 0 unspecified atom stereocenters. The Bertz CT molecular complexity index is 587. The van der Waals surface area contributed by atoms with Crippen LogP contribution in [0.25, 0.3) is 0 Å². The highest BCUT2D eigenvalue weighted by Gasteiger charge is 2.10. The van der Waals surface area contributed by atoms with Gasteiger partial charge in [-0.2, -0.15) is 0 Å². The van der Waals surface area contributed by atoms with Crippen molar-refractivity contribution in [3.8, 4) is 0 Å². The molecule has 0 spiro atoms. The maximum atomic E-state index is 13.5. The van der Waals surface area contributed by atoms with Gasteiger partial charge >= 0.3 is 0 Å². The average molecular weight is 280 g/mol. The molecule has 0 aliphatic carbocycles. The van der Waals surface area contributed by atoms with Crippen molar-refractivity contribution in [3.05, 3.63) is 46.6 Å². The minimum atomic E-state index is -0.248. The first-order valence-electron chi connectivity index (χ1n) is 6.14. The predicted molar refractivity (Wildman–Crippen MR) is 75.5 cm³/mol. The summed E-state index contributed by atoms with van der Waals surface area (Å²) in [5.74, 6) is 0.382. The van der Waals surface area contributed by atoms with Crippen molar-refractivity contribution in [2.75, 3.05) is 5.32 Å². The lowest BCUT2D eigenvalue weighted by Crippen LogP contribution is -2.02. The van der Waals surface area contributed by atoms with Crippen molar-refractivity contribution in [2.45, 2.75) is 26.7 Å². The van der Waals surface area contributed by atoms with Gasteiger partial charge in [-0.15, -0.1) is 0 Å². The Morgan fingerprint density at radius 1 is 1.32 bits per heavy atom. The number of nitrogens with one attached hydrogen (secondary N) is 1. The zero-order valence-corrected chi connectivity index (χ0v) is 11.6. The molecule has 0 atom stereocenters. The summed E-state index contributed by atoms with van der Waals surface area (Å²) in [6, 6.07) is 4.98. The van der Waals surface area contributed by atoms with Crippen molar-refractivity contribution >= 4 is 23.1 Å². The molecule has 0 radical (unpaired) electrons. The summed E-state index contributed by atoms with van der Waals surface area (Å²) in [5.41, 5.74) is 2.11. The molecule has 19 heavy (non-hydrogen) atoms. The van der Waals surface area contributed by atoms with Gasteiger partial charge in [0.15, 0.2) is 0 Å². The quantitative estimate of drug-likeness (QED) is 0.849. The fraction of sp³-hybridized carbons (Fsp3) is 0.286. The van der Waals surface area contributed by atoms with Gasteiger partial charge in [-0.3, -0.25) is 0 Å². The van der Waals surface area contributed by atoms with E-state index in [4.69, 9.17) is 11.6 Å². The first kappa shape index (κ1) is 13.7. The summed E-state index contributed by atoms with van der Waals surface area (Å²) in [6.07, 6.45) is 3.11. The molecule has 0 saturated heterocycles. The van der Waals surface area contributed by atoms with Crippen molar-refractivity contribution in [1.29, 1.82) is 0 Å². The molecule has 1 aromatic heterocycles. The van der Waals surface area contributed by atoms with Crippen molar-refractivity contribution in [1.82, 2.24) is 9.97 Å². The van der Waals surface area contributed by atoms with E-state index in [-0.39, 0.29) is 5.82 Å². The largest absolute Gasteiger partial charge is 0.340 e. The third kappa shape index (κ3) is 3.20. The van der Waals surface area contributed by atoms with E-state index in [9.17, 15) is 4.39 Å². The number of aromatic nitrogens is 2. The fourth-order valence-corrected chi connectivity index (χ4v) is 2.01. The van der Waals surface area contributed by atoms with E-state index in [1.165, 1.54) is 12.4 Å². The van der Waals surface area contributed by atoms with Gasteiger partial charge in [-0.1, -0.05) is 31.0 Å². The second-order valence-corrected chi connectivity index (χ2v) is 4.69. The van der Waals surface area contributed by atoms with Gasteiger partial charge in [0, 0.05) is 11.3 Å². The molecule has 1 heterocycles. The highest BCUT2D eigenvalue weighted by Crippen LogP contribution is 2.25. The number of anilines is 2. The van der Waals surface area contributed by atoms with Crippen LogP contribution < -0.4 is 5.32 Å². The van der Waals surface area contributed by atoms with Crippen molar-refractivity contribution < 1.29 is 4.39 Å². The SMILES string of the molecule is CCCc1c(Cl)ncnc1Nc1ccc(C)c(F)c1. The van der Waals surface area contributed by atoms with Crippen LogP contribution in [0.4, 0.5) is 15.9 Å². The fourth-order valence-electron chi connectivity index (χ4n) is 1.78. The van der Waals surface area contributed by atoms with Crippen LogP contribution in [-0.4, -0.2) is 9.97 Å². The minimum Gasteiger partial charge on any atom is -0.340 e. The third-order valence-electron chi connectivity index (χ3n) is 2.83. The van der Waals surface area contributed by atoms with Gasteiger partial charge in [0.05, 0.1) is 0 Å². The van der Waals surface area contributed by atoms with Crippen LogP contribution in [-0.2, 0) is 6.42 Å². The van der Waals surface area contributed by atoms with Gasteiger partial charge in [0.25, 0.3) is 0 Å². The molecule has 5 heteroatoms. The third-order valence-corrected chi connectivity index (χ3v) is 3.15. The average Bonchev–Trinajstić information content (AvgIpc) is 2.38. The van der Waals surface area contributed by atoms with E-state index in [1.54, 1.807) is 13.0 Å². The molecule has 100 valence electrons. The smallest absolute Gasteiger partial charge is 0.138 e. The Balaban J connectivity index is 2.32. The van der Waals surface area contributed by atoms with Gasteiger partial charge < -0.3 is 5.32 Å². The Labute approximate surface area is 116 Å². The topological polar surface area (TPSA) is 37.8 Å². The van der Waals surface area contributed by atoms with Crippen LogP contribution >= 0.6 is 11.6 Å². The molecule has 0 bridgehead atoms. The molecule has 0 aliphatic rings. The normalized spacial score (nSPS) is 10.5. The number of hydrogen-bond acceptors (Lipinski definition) is 3. The van der Waals surface area contributed by atoms with Gasteiger partial charge in [-0.25, -0.2) is 14.4 Å². The summed E-state index contributed by atoms with van der Waals surface area (Å²) in [7, 11) is 0. The van der Waals surface area contributed by atoms with Crippen LogP contribution in [0, 0.1) is 12.7 Å². The summed E-state index contributed by atoms with van der Waals surface area (Å²) in [4.78, 5) is 8.15. The van der Waals surface area contributed by atoms with E-state index < -0.39 is 0 Å². The van der Waals surface area contributed by atoms with Crippen LogP contribution in [0.1, 0.15) is 24.5 Å². The second kappa shape index (κ2) is 5.97. The Morgan fingerprint density at radius 2 is 2.11 bits per heavy atom. The molecule has 0 aliphatic heterocycles. The standard InChI is InChI=1S/C14H15ClFN3/c1-3-4-11-13(15)17-8-18-14(11)19-10-6-5-9(2)12(16)7-10/h5-8H,3-4H2,1-2H3,(H,17,18,19). The molecule has 0 amide bonds. The second-order valence-electron chi connectivity index (χ2n) is 4.33. The molecule has 0 saturated carbocycles. The minimum absolute atomic E-state index is 0.248. The maximum Gasteiger partial charge on any atom is 0.138 e. The molecule has 2 rings (SSSR count). The predicted octanol–water partition coefficient (Wildman–Crippen LogP) is 4.27. The van der Waals surface area contributed by atoms with E-state index in [2.05, 4.69) is 22.2 Å². The van der Waals surface area contributed by atoms with E-state index in [1.807, 2.05) is 6.07 Å². The lowest BCUT2D eigenvalue weighted by molar-refractivity contribution is 0.619. The Hall–Kier alpha value is -1.68. The molecule has 2 aromatic rings. The van der Waals surface area contributed by atoms with E-state index in [0.717, 1.165) is 18.4 Å². The monoisotopic (exact) mass is 279 g/mol. The number of nitrogens with zero attached hydrogens (tertiary/aromatic N) is 2. The van der Waals surface area contributed by atoms with Gasteiger partial charge in [0.1, 0.15) is 23.1 Å². The summed E-state index contributed by atoms with van der Waals surface area (Å²) in [5, 5.41) is 3.53. The first-order valence-corrected chi connectivity index (χ1v) is 6.52. The number of aryl methyl sites for hydroxylation is 1. The van der Waals surface area contributed by atoms with Crippen molar-refractivity contribution in [2.24, 2.45) is 0 Å². The Kier molecular flexibility index (Phi) is 4.32. The molecule has 3 nitrogen and oxygen atoms in total. The lowest BCUT2D eigenvalue weighted by Gasteiger charge is -2.11. The molecular weight excluding hydrogens is 265 g/mol. The lowest BCUT2D eigenvalue weighted by atomic mass is 10.1.